The Labute approximate surface area is 104 Å². The molecule has 1 aliphatic carbocycles. The molecule has 17 heavy (non-hydrogen) atoms. The molecule has 2 amide bonds. The molecule has 0 aromatic carbocycles. The van der Waals surface area contributed by atoms with Crippen molar-refractivity contribution in [2.24, 2.45) is 11.8 Å². The minimum absolute atomic E-state index is 0.194. The lowest BCUT2D eigenvalue weighted by Gasteiger charge is -2.14. The molecule has 0 aromatic rings. The molecule has 6 heteroatoms. The molecule has 0 N–H and O–H groups in total. The van der Waals surface area contributed by atoms with Crippen LogP contribution in [0.4, 0.5) is 0 Å². The number of carbonyl (C=O) groups is 2. The number of hydrogen-bond acceptors (Lipinski definition) is 5. The molecule has 1 aliphatic heterocycles. The third-order valence-corrected chi connectivity index (χ3v) is 3.09. The van der Waals surface area contributed by atoms with Gasteiger partial charge in [-0.15, -0.1) is 5.06 Å². The fourth-order valence-corrected chi connectivity index (χ4v) is 2.27. The van der Waals surface area contributed by atoms with E-state index in [2.05, 4.69) is 0 Å². The quantitative estimate of drug-likeness (QED) is 0.421. The molecule has 5 nitrogen and oxygen atoms in total. The molecule has 0 saturated carbocycles. The summed E-state index contributed by atoms with van der Waals surface area (Å²) in [5, 5.41) is 0.557. The molecular weight excluding hydrogens is 242 g/mol. The third kappa shape index (κ3) is 2.17. The number of thiocarbonyl (C=S) groups is 1. The van der Waals surface area contributed by atoms with Gasteiger partial charge in [-0.05, 0) is 19.8 Å². The van der Waals surface area contributed by atoms with Crippen LogP contribution in [-0.4, -0.2) is 28.7 Å². The van der Waals surface area contributed by atoms with Crippen LogP contribution < -0.4 is 0 Å². The summed E-state index contributed by atoms with van der Waals surface area (Å²) in [6, 6.07) is 0. The van der Waals surface area contributed by atoms with Gasteiger partial charge in [-0.1, -0.05) is 12.2 Å². The third-order valence-electron chi connectivity index (χ3n) is 2.90. The molecule has 2 aliphatic rings. The summed E-state index contributed by atoms with van der Waals surface area (Å²) >= 11 is 4.75. The van der Waals surface area contributed by atoms with Crippen molar-refractivity contribution in [3.05, 3.63) is 12.2 Å². The highest BCUT2D eigenvalue weighted by atomic mass is 32.1. The van der Waals surface area contributed by atoms with Gasteiger partial charge in [-0.2, -0.15) is 0 Å². The number of nitrogens with zero attached hydrogens (tertiary/aromatic N) is 1. The summed E-state index contributed by atoms with van der Waals surface area (Å²) in [7, 11) is 0. The molecule has 1 saturated heterocycles. The summed E-state index contributed by atoms with van der Waals surface area (Å²) < 4.78 is 4.90. The van der Waals surface area contributed by atoms with Crippen molar-refractivity contribution in [2.75, 3.05) is 6.61 Å². The maximum Gasteiger partial charge on any atom is 0.378 e. The van der Waals surface area contributed by atoms with Crippen molar-refractivity contribution in [3.63, 3.8) is 0 Å². The van der Waals surface area contributed by atoms with Crippen LogP contribution in [0.3, 0.4) is 0 Å². The first-order valence-corrected chi connectivity index (χ1v) is 5.93. The van der Waals surface area contributed by atoms with Crippen LogP contribution in [0.1, 0.15) is 19.8 Å². The van der Waals surface area contributed by atoms with Crippen LogP contribution in [0.5, 0.6) is 0 Å². The number of imide groups is 1. The van der Waals surface area contributed by atoms with Gasteiger partial charge in [-0.25, -0.2) is 0 Å². The van der Waals surface area contributed by atoms with E-state index in [-0.39, 0.29) is 28.9 Å². The molecular formula is C11H13NO4S. The Hall–Kier alpha value is -1.43. The van der Waals surface area contributed by atoms with E-state index in [9.17, 15) is 9.59 Å². The molecule has 2 atom stereocenters. The van der Waals surface area contributed by atoms with E-state index in [1.54, 1.807) is 6.92 Å². The largest absolute Gasteiger partial charge is 0.456 e. The predicted octanol–water partition coefficient (Wildman–Crippen LogP) is 1.19. The fraction of sp³-hybridized carbons (Fsp3) is 0.545. The standard InChI is InChI=1S/C11H13NO4S/c1-2-15-11(17)16-12-9(13)7-5-3-4-6-8(7)10(12)14/h3-4,7-8H,2,5-6H2,1H3. The van der Waals surface area contributed by atoms with Crippen molar-refractivity contribution in [2.45, 2.75) is 19.8 Å². The lowest BCUT2D eigenvalue weighted by atomic mass is 9.85. The predicted molar refractivity (Wildman–Crippen MR) is 62.5 cm³/mol. The summed E-state index contributed by atoms with van der Waals surface area (Å²) in [6.45, 7) is 2.08. The first-order valence-electron chi connectivity index (χ1n) is 5.52. The Morgan fingerprint density at radius 1 is 1.35 bits per heavy atom. The van der Waals surface area contributed by atoms with Crippen LogP contribution in [0.15, 0.2) is 12.2 Å². The Balaban J connectivity index is 2.07. The van der Waals surface area contributed by atoms with E-state index in [0.717, 1.165) is 5.06 Å². The van der Waals surface area contributed by atoms with E-state index >= 15 is 0 Å². The second kappa shape index (κ2) is 4.83. The number of allylic oxidation sites excluding steroid dienone is 2. The van der Waals surface area contributed by atoms with Gasteiger partial charge in [0.25, 0.3) is 11.8 Å². The lowest BCUT2D eigenvalue weighted by Crippen LogP contribution is -2.34. The highest BCUT2D eigenvalue weighted by Gasteiger charge is 2.49. The topological polar surface area (TPSA) is 55.8 Å². The fourth-order valence-electron chi connectivity index (χ4n) is 2.08. The van der Waals surface area contributed by atoms with Crippen molar-refractivity contribution >= 4 is 29.3 Å². The Morgan fingerprint density at radius 2 is 1.88 bits per heavy atom. The highest BCUT2D eigenvalue weighted by molar-refractivity contribution is 7.79. The Kier molecular flexibility index (Phi) is 3.42. The molecule has 0 aromatic heterocycles. The number of amides is 2. The smallest absolute Gasteiger partial charge is 0.378 e. The minimum Gasteiger partial charge on any atom is -0.456 e. The molecule has 0 radical (unpaired) electrons. The molecule has 0 spiro atoms. The van der Waals surface area contributed by atoms with Gasteiger partial charge in [0.1, 0.15) is 0 Å². The van der Waals surface area contributed by atoms with Crippen LogP contribution in [0.25, 0.3) is 0 Å². The van der Waals surface area contributed by atoms with Gasteiger partial charge >= 0.3 is 5.24 Å². The lowest BCUT2D eigenvalue weighted by molar-refractivity contribution is -0.172. The van der Waals surface area contributed by atoms with Crippen molar-refractivity contribution in [1.82, 2.24) is 5.06 Å². The number of fused-ring (bicyclic) bond motifs is 1. The molecule has 92 valence electrons. The maximum absolute atomic E-state index is 11.9. The summed E-state index contributed by atoms with van der Waals surface area (Å²) in [6.07, 6.45) is 4.99. The molecule has 0 bridgehead atoms. The molecule has 1 heterocycles. The number of rotatable bonds is 2. The number of ether oxygens (including phenoxy) is 1. The van der Waals surface area contributed by atoms with Crippen LogP contribution >= 0.6 is 12.2 Å². The van der Waals surface area contributed by atoms with E-state index in [4.69, 9.17) is 21.8 Å². The van der Waals surface area contributed by atoms with Crippen LogP contribution in [0, 0.1) is 11.8 Å². The van der Waals surface area contributed by atoms with Gasteiger partial charge in [0.15, 0.2) is 0 Å². The molecule has 2 rings (SSSR count). The van der Waals surface area contributed by atoms with Crippen LogP contribution in [0.2, 0.25) is 0 Å². The average Bonchev–Trinajstić information content (AvgIpc) is 2.56. The van der Waals surface area contributed by atoms with Crippen LogP contribution in [-0.2, 0) is 19.2 Å². The second-order valence-electron chi connectivity index (χ2n) is 3.90. The SMILES string of the molecule is CCOC(=S)ON1C(=O)C2CC=CCC2C1=O. The summed E-state index contributed by atoms with van der Waals surface area (Å²) in [4.78, 5) is 28.8. The summed E-state index contributed by atoms with van der Waals surface area (Å²) in [5.74, 6) is -1.27. The Morgan fingerprint density at radius 3 is 2.35 bits per heavy atom. The number of carbonyl (C=O) groups excluding carboxylic acids is 2. The normalized spacial score (nSPS) is 27.0. The number of hydroxylamine groups is 2. The average molecular weight is 255 g/mol. The summed E-state index contributed by atoms with van der Waals surface area (Å²) in [5.41, 5.74) is 0. The first kappa shape index (κ1) is 12.0. The maximum atomic E-state index is 11.9. The monoisotopic (exact) mass is 255 g/mol. The zero-order valence-corrected chi connectivity index (χ0v) is 10.2. The van der Waals surface area contributed by atoms with E-state index < -0.39 is 0 Å². The zero-order chi connectivity index (χ0) is 12.4. The Bertz CT molecular complexity index is 367. The minimum atomic E-state index is -0.327. The van der Waals surface area contributed by atoms with E-state index in [1.165, 1.54) is 0 Å². The number of hydrogen-bond donors (Lipinski definition) is 0. The second-order valence-corrected chi connectivity index (χ2v) is 4.23. The van der Waals surface area contributed by atoms with Gasteiger partial charge in [0.2, 0.25) is 0 Å². The van der Waals surface area contributed by atoms with E-state index in [0.29, 0.717) is 19.4 Å². The van der Waals surface area contributed by atoms with Gasteiger partial charge < -0.3 is 9.57 Å². The van der Waals surface area contributed by atoms with Gasteiger partial charge in [-0.3, -0.25) is 9.59 Å². The molecule has 1 fully saturated rings. The highest BCUT2D eigenvalue weighted by Crippen LogP contribution is 2.35. The van der Waals surface area contributed by atoms with Crippen molar-refractivity contribution < 1.29 is 19.2 Å². The van der Waals surface area contributed by atoms with Gasteiger partial charge in [0.05, 0.1) is 18.4 Å². The van der Waals surface area contributed by atoms with Crippen molar-refractivity contribution in [1.29, 1.82) is 0 Å². The van der Waals surface area contributed by atoms with Gasteiger partial charge in [0, 0.05) is 12.2 Å². The van der Waals surface area contributed by atoms with E-state index in [1.807, 2.05) is 12.2 Å². The first-order chi connectivity index (χ1) is 8.15. The van der Waals surface area contributed by atoms with Crippen molar-refractivity contribution in [3.8, 4) is 0 Å². The molecule has 2 unspecified atom stereocenters. The zero-order valence-electron chi connectivity index (χ0n) is 9.42.